The van der Waals surface area contributed by atoms with E-state index >= 15 is 0 Å². The maximum atomic E-state index is 13.3. The smallest absolute Gasteiger partial charge is 0.144 e. The van der Waals surface area contributed by atoms with Crippen molar-refractivity contribution in [3.05, 3.63) is 23.0 Å². The van der Waals surface area contributed by atoms with Crippen molar-refractivity contribution in [1.82, 2.24) is 19.9 Å². The van der Waals surface area contributed by atoms with E-state index in [2.05, 4.69) is 22.1 Å². The predicted octanol–water partition coefficient (Wildman–Crippen LogP) is 2.10. The molecule has 0 aliphatic carbocycles. The zero-order chi connectivity index (χ0) is 12.0. The van der Waals surface area contributed by atoms with Gasteiger partial charge in [-0.05, 0) is 12.6 Å². The molecule has 6 heteroatoms. The van der Waals surface area contributed by atoms with Gasteiger partial charge in [0.15, 0.2) is 0 Å². The van der Waals surface area contributed by atoms with Crippen LogP contribution in [0.4, 0.5) is 4.39 Å². The number of likely N-dealkylation sites (tertiary alicyclic amines) is 1. The summed E-state index contributed by atoms with van der Waals surface area (Å²) in [5, 5.41) is 8.17. The van der Waals surface area contributed by atoms with Crippen LogP contribution >= 0.6 is 11.6 Å². The van der Waals surface area contributed by atoms with E-state index in [-0.39, 0.29) is 5.02 Å². The molecule has 3 rings (SSSR count). The summed E-state index contributed by atoms with van der Waals surface area (Å²) in [4.78, 5) is 2.31. The lowest BCUT2D eigenvalue weighted by Gasteiger charge is -2.38. The maximum absolute atomic E-state index is 13.3. The highest BCUT2D eigenvalue weighted by molar-refractivity contribution is 6.31. The molecule has 0 bridgehead atoms. The second-order valence-electron chi connectivity index (χ2n) is 4.30. The molecule has 0 atom stereocenters. The first-order chi connectivity index (χ1) is 8.19. The normalized spacial score (nSPS) is 17.6. The maximum Gasteiger partial charge on any atom is 0.144 e. The Morgan fingerprint density at radius 3 is 2.94 bits per heavy atom. The number of rotatable bonds is 2. The van der Waals surface area contributed by atoms with Gasteiger partial charge in [-0.25, -0.2) is 9.07 Å². The van der Waals surface area contributed by atoms with Gasteiger partial charge in [-0.2, -0.15) is 0 Å². The summed E-state index contributed by atoms with van der Waals surface area (Å²) in [5.41, 5.74) is 1.36. The lowest BCUT2D eigenvalue weighted by molar-refractivity contribution is 0.107. The van der Waals surface area contributed by atoms with Crippen LogP contribution in [0.1, 0.15) is 13.0 Å². The number of nitrogens with zero attached hydrogens (tertiary/aromatic N) is 4. The van der Waals surface area contributed by atoms with Crippen molar-refractivity contribution in [3.63, 3.8) is 0 Å². The third-order valence-electron chi connectivity index (χ3n) is 3.24. The van der Waals surface area contributed by atoms with Gasteiger partial charge in [-0.1, -0.05) is 23.7 Å². The van der Waals surface area contributed by atoms with Crippen LogP contribution in [-0.2, 0) is 0 Å². The molecule has 17 heavy (non-hydrogen) atoms. The number of halogens is 2. The molecule has 90 valence electrons. The van der Waals surface area contributed by atoms with Gasteiger partial charge in [0.25, 0.3) is 0 Å². The Bertz CT molecular complexity index is 562. The summed E-state index contributed by atoms with van der Waals surface area (Å²) in [6.45, 7) is 5.09. The van der Waals surface area contributed by atoms with Crippen molar-refractivity contribution in [2.24, 2.45) is 0 Å². The predicted molar refractivity (Wildman–Crippen MR) is 63.6 cm³/mol. The second-order valence-corrected chi connectivity index (χ2v) is 4.70. The molecular weight excluding hydrogens is 243 g/mol. The summed E-state index contributed by atoms with van der Waals surface area (Å²) in [7, 11) is 0. The van der Waals surface area contributed by atoms with Crippen LogP contribution in [0, 0.1) is 5.82 Å². The SMILES string of the molecule is CCN1CC(n2nnc3cc(F)c(Cl)cc32)C1. The third-order valence-corrected chi connectivity index (χ3v) is 3.53. The number of hydrogen-bond donors (Lipinski definition) is 0. The third kappa shape index (κ3) is 1.70. The molecule has 1 aromatic heterocycles. The summed E-state index contributed by atoms with van der Waals surface area (Å²) in [6.07, 6.45) is 0. The quantitative estimate of drug-likeness (QED) is 0.823. The van der Waals surface area contributed by atoms with E-state index in [4.69, 9.17) is 11.6 Å². The Kier molecular flexibility index (Phi) is 2.52. The molecule has 1 aliphatic heterocycles. The van der Waals surface area contributed by atoms with E-state index in [1.165, 1.54) is 6.07 Å². The van der Waals surface area contributed by atoms with Gasteiger partial charge >= 0.3 is 0 Å². The van der Waals surface area contributed by atoms with Crippen LogP contribution in [0.2, 0.25) is 5.02 Å². The lowest BCUT2D eigenvalue weighted by atomic mass is 10.1. The van der Waals surface area contributed by atoms with Gasteiger partial charge in [-0.15, -0.1) is 5.10 Å². The van der Waals surface area contributed by atoms with E-state index in [9.17, 15) is 4.39 Å². The van der Waals surface area contributed by atoms with Crippen LogP contribution < -0.4 is 0 Å². The van der Waals surface area contributed by atoms with E-state index in [0.29, 0.717) is 11.6 Å². The molecule has 0 N–H and O–H groups in total. The molecule has 2 heterocycles. The Labute approximate surface area is 103 Å². The first kappa shape index (κ1) is 10.9. The summed E-state index contributed by atoms with van der Waals surface area (Å²) in [5.74, 6) is -0.449. The van der Waals surface area contributed by atoms with Crippen molar-refractivity contribution in [1.29, 1.82) is 0 Å². The minimum absolute atomic E-state index is 0.118. The monoisotopic (exact) mass is 254 g/mol. The van der Waals surface area contributed by atoms with Gasteiger partial charge in [0.1, 0.15) is 11.3 Å². The highest BCUT2D eigenvalue weighted by Crippen LogP contribution is 2.27. The molecular formula is C11H12ClFN4. The highest BCUT2D eigenvalue weighted by atomic mass is 35.5. The molecule has 2 aromatic rings. The Morgan fingerprint density at radius 2 is 2.24 bits per heavy atom. The molecule has 0 amide bonds. The first-order valence-electron chi connectivity index (χ1n) is 5.61. The number of fused-ring (bicyclic) bond motifs is 1. The van der Waals surface area contributed by atoms with Crippen molar-refractivity contribution >= 4 is 22.6 Å². The zero-order valence-electron chi connectivity index (χ0n) is 9.40. The van der Waals surface area contributed by atoms with Gasteiger partial charge in [0.2, 0.25) is 0 Å². The van der Waals surface area contributed by atoms with Gasteiger partial charge < -0.3 is 0 Å². The van der Waals surface area contributed by atoms with Crippen LogP contribution in [0.15, 0.2) is 12.1 Å². The van der Waals surface area contributed by atoms with Gasteiger partial charge in [0, 0.05) is 19.2 Å². The molecule has 0 saturated carbocycles. The Hall–Kier alpha value is -1.20. The lowest BCUT2D eigenvalue weighted by Crippen LogP contribution is -2.47. The minimum atomic E-state index is -0.449. The Morgan fingerprint density at radius 1 is 1.47 bits per heavy atom. The Balaban J connectivity index is 1.98. The summed E-state index contributed by atoms with van der Waals surface area (Å²) < 4.78 is 15.1. The first-order valence-corrected chi connectivity index (χ1v) is 5.99. The second kappa shape index (κ2) is 3.92. The van der Waals surface area contributed by atoms with Crippen LogP contribution in [0.3, 0.4) is 0 Å². The molecule has 0 unspecified atom stereocenters. The topological polar surface area (TPSA) is 34.0 Å². The van der Waals surface area contributed by atoms with Crippen molar-refractivity contribution in [2.75, 3.05) is 19.6 Å². The number of benzene rings is 1. The molecule has 0 radical (unpaired) electrons. The van der Waals surface area contributed by atoms with E-state index in [0.717, 1.165) is 25.2 Å². The number of likely N-dealkylation sites (N-methyl/N-ethyl adjacent to an activating group) is 1. The number of hydrogen-bond acceptors (Lipinski definition) is 3. The highest BCUT2D eigenvalue weighted by Gasteiger charge is 2.29. The largest absolute Gasteiger partial charge is 0.299 e. The molecule has 1 aromatic carbocycles. The van der Waals surface area contributed by atoms with Crippen LogP contribution in [0.25, 0.3) is 11.0 Å². The molecule has 0 spiro atoms. The van der Waals surface area contributed by atoms with Crippen molar-refractivity contribution in [2.45, 2.75) is 13.0 Å². The van der Waals surface area contributed by atoms with Gasteiger partial charge in [0.05, 0.1) is 16.6 Å². The van der Waals surface area contributed by atoms with Crippen molar-refractivity contribution < 1.29 is 4.39 Å². The summed E-state index contributed by atoms with van der Waals surface area (Å²) >= 11 is 5.78. The average molecular weight is 255 g/mol. The zero-order valence-corrected chi connectivity index (χ0v) is 10.2. The molecule has 4 nitrogen and oxygen atoms in total. The van der Waals surface area contributed by atoms with Gasteiger partial charge in [-0.3, -0.25) is 4.90 Å². The molecule has 1 fully saturated rings. The van der Waals surface area contributed by atoms with E-state index in [1.54, 1.807) is 6.07 Å². The minimum Gasteiger partial charge on any atom is -0.299 e. The fourth-order valence-electron chi connectivity index (χ4n) is 2.16. The summed E-state index contributed by atoms with van der Waals surface area (Å²) in [6, 6.07) is 3.25. The fraction of sp³-hybridized carbons (Fsp3) is 0.455. The number of aromatic nitrogens is 3. The standard InChI is InChI=1S/C11H12ClFN4/c1-2-16-5-7(6-16)17-11-3-8(12)9(13)4-10(11)14-15-17/h3-4,7H,2,5-6H2,1H3. The van der Waals surface area contributed by atoms with Crippen molar-refractivity contribution in [3.8, 4) is 0 Å². The molecule has 1 saturated heterocycles. The van der Waals surface area contributed by atoms with E-state index in [1.807, 2.05) is 4.68 Å². The van der Waals surface area contributed by atoms with Crippen LogP contribution in [0.5, 0.6) is 0 Å². The average Bonchev–Trinajstić information content (AvgIpc) is 2.61. The molecule has 1 aliphatic rings. The van der Waals surface area contributed by atoms with E-state index < -0.39 is 5.82 Å². The fourth-order valence-corrected chi connectivity index (χ4v) is 2.32. The van der Waals surface area contributed by atoms with Crippen LogP contribution in [-0.4, -0.2) is 39.5 Å².